The van der Waals surface area contributed by atoms with Gasteiger partial charge in [-0.05, 0) is 37.3 Å². The third-order valence-electron chi connectivity index (χ3n) is 5.23. The number of amides is 1. The van der Waals surface area contributed by atoms with Gasteiger partial charge in [0.25, 0.3) is 0 Å². The van der Waals surface area contributed by atoms with E-state index in [9.17, 15) is 4.79 Å². The predicted molar refractivity (Wildman–Crippen MR) is 77.7 cm³/mol. The van der Waals surface area contributed by atoms with Gasteiger partial charge in [0, 0.05) is 24.1 Å². The number of para-hydroxylation sites is 1. The van der Waals surface area contributed by atoms with Crippen LogP contribution in [0.1, 0.15) is 38.2 Å². The zero-order valence-electron chi connectivity index (χ0n) is 11.9. The number of rotatable bonds is 1. The van der Waals surface area contributed by atoms with Crippen LogP contribution in [0.2, 0.25) is 0 Å². The average Bonchev–Trinajstić information content (AvgIpc) is 2.88. The van der Waals surface area contributed by atoms with Crippen LogP contribution in [0.3, 0.4) is 0 Å². The van der Waals surface area contributed by atoms with Crippen molar-refractivity contribution in [2.45, 2.75) is 57.3 Å². The molecule has 106 valence electrons. The molecule has 0 radical (unpaired) electrons. The average molecular weight is 271 g/mol. The highest BCUT2D eigenvalue weighted by Gasteiger charge is 2.48. The fourth-order valence-electron chi connectivity index (χ4n) is 4.32. The molecule has 0 spiro atoms. The minimum atomic E-state index is 0.258. The summed E-state index contributed by atoms with van der Waals surface area (Å²) in [5.41, 5.74) is 2.45. The van der Waals surface area contributed by atoms with Crippen LogP contribution in [0, 0.1) is 5.92 Å². The number of fused-ring (bicyclic) bond motifs is 5. The minimum Gasteiger partial charge on any atom is -0.375 e. The Kier molecular flexibility index (Phi) is 2.84. The number of anilines is 1. The normalized spacial score (nSPS) is 34.5. The highest BCUT2D eigenvalue weighted by atomic mass is 16.5. The van der Waals surface area contributed by atoms with Gasteiger partial charge in [0.1, 0.15) is 0 Å². The van der Waals surface area contributed by atoms with Gasteiger partial charge in [-0.1, -0.05) is 25.1 Å². The molecule has 3 aliphatic heterocycles. The van der Waals surface area contributed by atoms with E-state index in [1.54, 1.807) is 0 Å². The third-order valence-corrected chi connectivity index (χ3v) is 5.23. The molecule has 1 aromatic carbocycles. The maximum absolute atomic E-state index is 12.5. The molecule has 4 atom stereocenters. The van der Waals surface area contributed by atoms with E-state index in [1.165, 1.54) is 18.4 Å². The van der Waals surface area contributed by atoms with Crippen molar-refractivity contribution < 1.29 is 9.53 Å². The van der Waals surface area contributed by atoms with E-state index in [4.69, 9.17) is 4.74 Å². The van der Waals surface area contributed by atoms with Gasteiger partial charge in [-0.3, -0.25) is 4.79 Å². The van der Waals surface area contributed by atoms with E-state index in [0.29, 0.717) is 30.6 Å². The maximum Gasteiger partial charge on any atom is 0.226 e. The molecular weight excluding hydrogens is 250 g/mol. The highest BCUT2D eigenvalue weighted by molar-refractivity contribution is 5.95. The summed E-state index contributed by atoms with van der Waals surface area (Å²) in [4.78, 5) is 14.6. The van der Waals surface area contributed by atoms with Crippen molar-refractivity contribution in [3.63, 3.8) is 0 Å². The quantitative estimate of drug-likeness (QED) is 0.786. The fourth-order valence-corrected chi connectivity index (χ4v) is 4.32. The number of hydrogen-bond donors (Lipinski definition) is 0. The monoisotopic (exact) mass is 271 g/mol. The summed E-state index contributed by atoms with van der Waals surface area (Å²) in [5.74, 6) is 0.743. The molecule has 2 saturated heterocycles. The van der Waals surface area contributed by atoms with Gasteiger partial charge >= 0.3 is 0 Å². The first-order valence-electron chi connectivity index (χ1n) is 7.83. The molecule has 3 heteroatoms. The van der Waals surface area contributed by atoms with Crippen molar-refractivity contribution in [2.75, 3.05) is 4.90 Å². The first kappa shape index (κ1) is 12.4. The molecule has 20 heavy (non-hydrogen) atoms. The van der Waals surface area contributed by atoms with E-state index < -0.39 is 0 Å². The number of carbonyl (C=O) groups excluding carboxylic acids is 1. The molecule has 4 rings (SSSR count). The zero-order valence-corrected chi connectivity index (χ0v) is 11.9. The summed E-state index contributed by atoms with van der Waals surface area (Å²) in [6, 6.07) is 8.75. The Bertz CT molecular complexity index is 542. The third kappa shape index (κ3) is 1.72. The van der Waals surface area contributed by atoms with Crippen LogP contribution in [-0.2, 0) is 16.0 Å². The van der Waals surface area contributed by atoms with Gasteiger partial charge in [-0.25, -0.2) is 0 Å². The molecule has 1 amide bonds. The number of nitrogens with zero attached hydrogens (tertiary/aromatic N) is 1. The molecular formula is C17H21NO2. The second-order valence-corrected chi connectivity index (χ2v) is 6.29. The summed E-state index contributed by atoms with van der Waals surface area (Å²) < 4.78 is 6.11. The summed E-state index contributed by atoms with van der Waals surface area (Å²) in [6.07, 6.45) is 5.73. The second-order valence-electron chi connectivity index (χ2n) is 6.29. The van der Waals surface area contributed by atoms with Crippen molar-refractivity contribution in [2.24, 2.45) is 5.92 Å². The van der Waals surface area contributed by atoms with Gasteiger partial charge < -0.3 is 9.64 Å². The standard InChI is InChI=1S/C17H21NO2/c1-2-17(19)18-14-6-4-3-5-11(14)9-13-15(18)10-12-7-8-16(13)20-12/h3-6,12-13,15-16H,2,7-10H2,1H3/t12-,13+,15-,16+/m1/s1. The lowest BCUT2D eigenvalue weighted by Gasteiger charge is -2.47. The first-order chi connectivity index (χ1) is 9.78. The van der Waals surface area contributed by atoms with Crippen LogP contribution in [-0.4, -0.2) is 24.2 Å². The Morgan fingerprint density at radius 1 is 1.35 bits per heavy atom. The Balaban J connectivity index is 1.79. The highest BCUT2D eigenvalue weighted by Crippen LogP contribution is 2.46. The molecule has 1 aromatic rings. The van der Waals surface area contributed by atoms with Gasteiger partial charge in [0.2, 0.25) is 5.91 Å². The van der Waals surface area contributed by atoms with Gasteiger partial charge in [0.05, 0.1) is 12.2 Å². The molecule has 0 saturated carbocycles. The molecule has 0 unspecified atom stereocenters. The predicted octanol–water partition coefficient (Wildman–Crippen LogP) is 2.92. The minimum absolute atomic E-state index is 0.258. The summed E-state index contributed by atoms with van der Waals surface area (Å²) >= 11 is 0. The Labute approximate surface area is 119 Å². The van der Waals surface area contributed by atoms with Crippen molar-refractivity contribution in [3.8, 4) is 0 Å². The summed E-state index contributed by atoms with van der Waals surface area (Å²) in [5, 5.41) is 0. The maximum atomic E-state index is 12.5. The SMILES string of the molecule is CCC(=O)N1c2ccccc2C[C@@H]2[C@@H]3CC[C@H](C[C@H]21)O3. The number of ether oxygens (including phenoxy) is 1. The lowest BCUT2D eigenvalue weighted by Crippen LogP contribution is -2.55. The molecule has 0 aliphatic carbocycles. The van der Waals surface area contributed by atoms with Crippen LogP contribution >= 0.6 is 0 Å². The van der Waals surface area contributed by atoms with Crippen molar-refractivity contribution in [1.29, 1.82) is 0 Å². The summed E-state index contributed by atoms with van der Waals surface area (Å²) in [6.45, 7) is 1.96. The van der Waals surface area contributed by atoms with Crippen LogP contribution in [0.15, 0.2) is 24.3 Å². The number of benzene rings is 1. The van der Waals surface area contributed by atoms with Crippen molar-refractivity contribution in [3.05, 3.63) is 29.8 Å². The van der Waals surface area contributed by atoms with Crippen LogP contribution in [0.5, 0.6) is 0 Å². The zero-order chi connectivity index (χ0) is 13.7. The molecule has 2 fully saturated rings. The smallest absolute Gasteiger partial charge is 0.226 e. The largest absolute Gasteiger partial charge is 0.375 e. The lowest BCUT2D eigenvalue weighted by atomic mass is 9.79. The van der Waals surface area contributed by atoms with Crippen LogP contribution in [0.25, 0.3) is 0 Å². The fraction of sp³-hybridized carbons (Fsp3) is 0.588. The second kappa shape index (κ2) is 4.59. The molecule has 0 N–H and O–H groups in total. The first-order valence-corrected chi connectivity index (χ1v) is 7.83. The molecule has 3 aliphatic rings. The molecule has 3 nitrogen and oxygen atoms in total. The van der Waals surface area contributed by atoms with E-state index in [1.807, 2.05) is 13.0 Å². The van der Waals surface area contributed by atoms with Gasteiger partial charge in [0.15, 0.2) is 0 Å². The Morgan fingerprint density at radius 2 is 2.20 bits per heavy atom. The molecule has 0 aromatic heterocycles. The lowest BCUT2D eigenvalue weighted by molar-refractivity contribution is -0.121. The summed E-state index contributed by atoms with van der Waals surface area (Å²) in [7, 11) is 0. The van der Waals surface area contributed by atoms with Crippen LogP contribution < -0.4 is 4.90 Å². The van der Waals surface area contributed by atoms with Crippen molar-refractivity contribution >= 4 is 11.6 Å². The molecule has 2 bridgehead atoms. The van der Waals surface area contributed by atoms with E-state index in [2.05, 4.69) is 23.1 Å². The topological polar surface area (TPSA) is 29.5 Å². The number of hydrogen-bond acceptors (Lipinski definition) is 2. The van der Waals surface area contributed by atoms with Crippen molar-refractivity contribution in [1.82, 2.24) is 0 Å². The Hall–Kier alpha value is -1.35. The van der Waals surface area contributed by atoms with Crippen LogP contribution in [0.4, 0.5) is 5.69 Å². The Morgan fingerprint density at radius 3 is 3.05 bits per heavy atom. The van der Waals surface area contributed by atoms with Gasteiger partial charge in [-0.15, -0.1) is 0 Å². The van der Waals surface area contributed by atoms with E-state index >= 15 is 0 Å². The molecule has 3 heterocycles. The van der Waals surface area contributed by atoms with E-state index in [0.717, 1.165) is 18.5 Å². The van der Waals surface area contributed by atoms with Gasteiger partial charge in [-0.2, -0.15) is 0 Å². The van der Waals surface area contributed by atoms with E-state index in [-0.39, 0.29) is 5.91 Å². The number of carbonyl (C=O) groups is 1.